The number of benzene rings is 1. The standard InChI is InChI=1S/C17H15N3O3/c1-11(21)12-5-6-15(23-2)13(8-12)9-20-10-19-16-14(17(20)22)4-3-7-18-16/h3-8,10H,9H2,1-2H3. The maximum Gasteiger partial charge on any atom is 0.263 e. The molecule has 0 unspecified atom stereocenters. The van der Waals surface area contributed by atoms with Crippen molar-refractivity contribution in [2.24, 2.45) is 0 Å². The molecule has 0 atom stereocenters. The zero-order valence-corrected chi connectivity index (χ0v) is 12.8. The number of ether oxygens (including phenoxy) is 1. The van der Waals surface area contributed by atoms with Gasteiger partial charge in [-0.2, -0.15) is 0 Å². The number of hydrogen-bond acceptors (Lipinski definition) is 5. The molecule has 0 radical (unpaired) electrons. The highest BCUT2D eigenvalue weighted by atomic mass is 16.5. The number of carbonyl (C=O) groups is 1. The van der Waals surface area contributed by atoms with E-state index < -0.39 is 0 Å². The molecule has 0 spiro atoms. The van der Waals surface area contributed by atoms with Gasteiger partial charge in [0, 0.05) is 17.3 Å². The zero-order valence-electron chi connectivity index (χ0n) is 12.8. The van der Waals surface area contributed by atoms with E-state index in [0.717, 1.165) is 5.56 Å². The van der Waals surface area contributed by atoms with Crippen molar-refractivity contribution in [2.45, 2.75) is 13.5 Å². The van der Waals surface area contributed by atoms with E-state index in [9.17, 15) is 9.59 Å². The lowest BCUT2D eigenvalue weighted by atomic mass is 10.1. The monoisotopic (exact) mass is 309 g/mol. The molecule has 0 fully saturated rings. The lowest BCUT2D eigenvalue weighted by Crippen LogP contribution is -2.21. The molecule has 0 aliphatic carbocycles. The zero-order chi connectivity index (χ0) is 16.4. The number of carbonyl (C=O) groups excluding carboxylic acids is 1. The Hall–Kier alpha value is -3.02. The molecule has 6 nitrogen and oxygen atoms in total. The number of methoxy groups -OCH3 is 1. The Bertz CT molecular complexity index is 947. The third kappa shape index (κ3) is 2.83. The lowest BCUT2D eigenvalue weighted by Gasteiger charge is -2.11. The number of fused-ring (bicyclic) bond motifs is 1. The molecule has 0 bridgehead atoms. The molecule has 0 saturated carbocycles. The van der Waals surface area contributed by atoms with E-state index in [2.05, 4.69) is 9.97 Å². The van der Waals surface area contributed by atoms with E-state index in [4.69, 9.17) is 4.74 Å². The lowest BCUT2D eigenvalue weighted by molar-refractivity contribution is 0.101. The summed E-state index contributed by atoms with van der Waals surface area (Å²) < 4.78 is 6.80. The summed E-state index contributed by atoms with van der Waals surface area (Å²) in [6.07, 6.45) is 3.05. The van der Waals surface area contributed by atoms with E-state index in [0.29, 0.717) is 22.3 Å². The number of ketones is 1. The van der Waals surface area contributed by atoms with Crippen molar-refractivity contribution in [3.63, 3.8) is 0 Å². The molecule has 0 N–H and O–H groups in total. The fourth-order valence-electron chi connectivity index (χ4n) is 2.42. The van der Waals surface area contributed by atoms with Crippen LogP contribution in [0.3, 0.4) is 0 Å². The molecule has 0 aliphatic rings. The van der Waals surface area contributed by atoms with E-state index in [1.807, 2.05) is 0 Å². The number of nitrogens with zero attached hydrogens (tertiary/aromatic N) is 3. The number of Topliss-reactive ketones (excluding diaryl/α,β-unsaturated/α-hetero) is 1. The third-order valence-corrected chi connectivity index (χ3v) is 3.62. The second-order valence-corrected chi connectivity index (χ2v) is 5.14. The van der Waals surface area contributed by atoms with Crippen LogP contribution in [0.15, 0.2) is 47.7 Å². The minimum Gasteiger partial charge on any atom is -0.496 e. The van der Waals surface area contributed by atoms with E-state index >= 15 is 0 Å². The Balaban J connectivity index is 2.08. The summed E-state index contributed by atoms with van der Waals surface area (Å²) in [5, 5.41) is 0.455. The second-order valence-electron chi connectivity index (χ2n) is 5.14. The average molecular weight is 309 g/mol. The first-order valence-electron chi connectivity index (χ1n) is 7.08. The molecule has 2 aromatic heterocycles. The van der Waals surface area contributed by atoms with E-state index in [1.54, 1.807) is 43.6 Å². The number of rotatable bonds is 4. The predicted molar refractivity (Wildman–Crippen MR) is 85.9 cm³/mol. The van der Waals surface area contributed by atoms with Crippen molar-refractivity contribution >= 4 is 16.8 Å². The molecule has 23 heavy (non-hydrogen) atoms. The first-order chi connectivity index (χ1) is 11.1. The Kier molecular flexibility index (Phi) is 3.89. The van der Waals surface area contributed by atoms with Gasteiger partial charge in [-0.25, -0.2) is 9.97 Å². The van der Waals surface area contributed by atoms with Gasteiger partial charge in [-0.3, -0.25) is 14.2 Å². The van der Waals surface area contributed by atoms with Gasteiger partial charge in [0.1, 0.15) is 12.1 Å². The SMILES string of the molecule is COc1ccc(C(C)=O)cc1Cn1cnc2ncccc2c1=O. The minimum absolute atomic E-state index is 0.0397. The van der Waals surface area contributed by atoms with Crippen molar-refractivity contribution < 1.29 is 9.53 Å². The Morgan fingerprint density at radius 3 is 2.83 bits per heavy atom. The summed E-state index contributed by atoms with van der Waals surface area (Å²) in [5.74, 6) is 0.579. The molecule has 6 heteroatoms. The maximum absolute atomic E-state index is 12.5. The van der Waals surface area contributed by atoms with Gasteiger partial charge in [0.25, 0.3) is 5.56 Å². The second kappa shape index (κ2) is 6.00. The van der Waals surface area contributed by atoms with Crippen molar-refractivity contribution in [1.29, 1.82) is 0 Å². The van der Waals surface area contributed by atoms with Crippen LogP contribution in [0.2, 0.25) is 0 Å². The van der Waals surface area contributed by atoms with E-state index in [-0.39, 0.29) is 17.9 Å². The van der Waals surface area contributed by atoms with Crippen molar-refractivity contribution in [1.82, 2.24) is 14.5 Å². The summed E-state index contributed by atoms with van der Waals surface area (Å²) in [5.41, 5.74) is 1.55. The first kappa shape index (κ1) is 14.9. The molecule has 3 rings (SSSR count). The highest BCUT2D eigenvalue weighted by Crippen LogP contribution is 2.21. The smallest absolute Gasteiger partial charge is 0.263 e. The molecule has 0 saturated heterocycles. The Morgan fingerprint density at radius 2 is 2.09 bits per heavy atom. The maximum atomic E-state index is 12.5. The van der Waals surface area contributed by atoms with Gasteiger partial charge < -0.3 is 4.74 Å². The highest BCUT2D eigenvalue weighted by molar-refractivity contribution is 5.94. The van der Waals surface area contributed by atoms with Gasteiger partial charge in [-0.15, -0.1) is 0 Å². The van der Waals surface area contributed by atoms with Crippen LogP contribution in [0.4, 0.5) is 0 Å². The summed E-state index contributed by atoms with van der Waals surface area (Å²) >= 11 is 0. The molecule has 0 aliphatic heterocycles. The van der Waals surface area contributed by atoms with Gasteiger partial charge in [0.2, 0.25) is 0 Å². The van der Waals surface area contributed by atoms with E-state index in [1.165, 1.54) is 17.8 Å². The van der Waals surface area contributed by atoms with Crippen LogP contribution in [0.5, 0.6) is 5.75 Å². The third-order valence-electron chi connectivity index (χ3n) is 3.62. The van der Waals surface area contributed by atoms with Gasteiger partial charge in [0.15, 0.2) is 11.4 Å². The normalized spacial score (nSPS) is 10.7. The molecular weight excluding hydrogens is 294 g/mol. The molecular formula is C17H15N3O3. The fourth-order valence-corrected chi connectivity index (χ4v) is 2.42. The minimum atomic E-state index is -0.182. The van der Waals surface area contributed by atoms with Crippen molar-refractivity contribution in [2.75, 3.05) is 7.11 Å². The first-order valence-corrected chi connectivity index (χ1v) is 7.08. The Labute approximate surface area is 132 Å². The summed E-state index contributed by atoms with van der Waals surface area (Å²) in [6, 6.07) is 8.56. The van der Waals surface area contributed by atoms with Gasteiger partial charge in [-0.05, 0) is 37.3 Å². The molecule has 116 valence electrons. The van der Waals surface area contributed by atoms with Crippen LogP contribution in [-0.4, -0.2) is 27.4 Å². The Morgan fingerprint density at radius 1 is 1.26 bits per heavy atom. The summed E-state index contributed by atoms with van der Waals surface area (Å²) in [4.78, 5) is 32.4. The predicted octanol–water partition coefficient (Wildman–Crippen LogP) is 2.05. The van der Waals surface area contributed by atoms with Crippen LogP contribution < -0.4 is 10.3 Å². The highest BCUT2D eigenvalue weighted by Gasteiger charge is 2.10. The van der Waals surface area contributed by atoms with Crippen LogP contribution in [-0.2, 0) is 6.54 Å². The fraction of sp³-hybridized carbons (Fsp3) is 0.176. The van der Waals surface area contributed by atoms with Crippen LogP contribution in [0.25, 0.3) is 11.0 Å². The van der Waals surface area contributed by atoms with Gasteiger partial charge in [0.05, 0.1) is 19.0 Å². The average Bonchev–Trinajstić information content (AvgIpc) is 2.57. The summed E-state index contributed by atoms with van der Waals surface area (Å²) in [7, 11) is 1.55. The largest absolute Gasteiger partial charge is 0.496 e. The number of hydrogen-bond donors (Lipinski definition) is 0. The van der Waals surface area contributed by atoms with Crippen molar-refractivity contribution in [3.8, 4) is 5.75 Å². The van der Waals surface area contributed by atoms with Crippen LogP contribution >= 0.6 is 0 Å². The van der Waals surface area contributed by atoms with Crippen LogP contribution in [0, 0.1) is 0 Å². The molecule has 2 heterocycles. The quantitative estimate of drug-likeness (QED) is 0.690. The van der Waals surface area contributed by atoms with Crippen LogP contribution in [0.1, 0.15) is 22.8 Å². The number of pyridine rings is 1. The molecule has 1 aromatic carbocycles. The topological polar surface area (TPSA) is 74.1 Å². The summed E-state index contributed by atoms with van der Waals surface area (Å²) in [6.45, 7) is 1.77. The number of aromatic nitrogens is 3. The van der Waals surface area contributed by atoms with Gasteiger partial charge in [-0.1, -0.05) is 0 Å². The van der Waals surface area contributed by atoms with Gasteiger partial charge >= 0.3 is 0 Å². The molecule has 3 aromatic rings. The van der Waals surface area contributed by atoms with Crippen molar-refractivity contribution in [3.05, 3.63) is 64.3 Å². The molecule has 0 amide bonds.